The van der Waals surface area contributed by atoms with Gasteiger partial charge >= 0.3 is 13.0 Å². The van der Waals surface area contributed by atoms with Crippen LogP contribution < -0.4 is 0 Å². The maximum atomic E-state index is 11.8. The Bertz CT molecular complexity index is 336. The minimum absolute atomic E-state index is 0.197. The van der Waals surface area contributed by atoms with Crippen LogP contribution in [-0.2, 0) is 9.39 Å². The van der Waals surface area contributed by atoms with Gasteiger partial charge in [0, 0.05) is 0 Å². The number of nitrogens with zero attached hydrogens (tertiary/aromatic N) is 1. The largest absolute Gasteiger partial charge is 0.549 e. The Hall–Kier alpha value is -1.13. The van der Waals surface area contributed by atoms with Gasteiger partial charge in [0.15, 0.2) is 5.88 Å². The molecule has 0 saturated carbocycles. The van der Waals surface area contributed by atoms with Crippen LogP contribution in [0.4, 0.5) is 4.79 Å². The molecular formula is C16H30BNO3. The predicted octanol–water partition coefficient (Wildman–Crippen LogP) is 4.54. The first kappa shape index (κ1) is 17.9. The number of hydrogen-bond acceptors (Lipinski definition) is 3. The molecular weight excluding hydrogens is 265 g/mol. The van der Waals surface area contributed by atoms with Gasteiger partial charge < -0.3 is 9.39 Å². The summed E-state index contributed by atoms with van der Waals surface area (Å²) < 4.78 is 11.2. The Morgan fingerprint density at radius 3 is 2.38 bits per heavy atom. The molecule has 0 bridgehead atoms. The third kappa shape index (κ3) is 6.45. The van der Waals surface area contributed by atoms with Crippen LogP contribution in [0.25, 0.3) is 0 Å². The van der Waals surface area contributed by atoms with Crippen molar-refractivity contribution in [2.24, 2.45) is 5.92 Å². The molecule has 0 N–H and O–H groups in total. The van der Waals surface area contributed by atoms with E-state index in [1.807, 2.05) is 6.08 Å². The Balaban J connectivity index is 2.73. The number of allylic oxidation sites excluding steroid dienone is 1. The zero-order valence-corrected chi connectivity index (χ0v) is 14.1. The van der Waals surface area contributed by atoms with E-state index in [4.69, 9.17) is 9.39 Å². The van der Waals surface area contributed by atoms with Crippen LogP contribution in [0.3, 0.4) is 0 Å². The van der Waals surface area contributed by atoms with Crippen LogP contribution in [0.1, 0.15) is 53.4 Å². The molecule has 0 aromatic rings. The highest BCUT2D eigenvalue weighted by atomic mass is 16.6. The van der Waals surface area contributed by atoms with Crippen molar-refractivity contribution >= 4 is 13.0 Å². The first-order valence-corrected chi connectivity index (χ1v) is 8.41. The van der Waals surface area contributed by atoms with Crippen molar-refractivity contribution in [3.8, 4) is 0 Å². The number of rotatable bonds is 10. The predicted molar refractivity (Wildman–Crippen MR) is 87.2 cm³/mol. The second-order valence-electron chi connectivity index (χ2n) is 6.04. The number of ether oxygens (including phenoxy) is 1. The summed E-state index contributed by atoms with van der Waals surface area (Å²) >= 11 is 0. The second kappa shape index (κ2) is 9.75. The average molecular weight is 295 g/mol. The molecule has 0 aromatic carbocycles. The van der Waals surface area contributed by atoms with Crippen LogP contribution in [0, 0.1) is 5.92 Å². The summed E-state index contributed by atoms with van der Waals surface area (Å²) in [5.74, 6) is 1.02. The van der Waals surface area contributed by atoms with E-state index in [1.165, 1.54) is 12.8 Å². The molecule has 4 nitrogen and oxygen atoms in total. The number of unbranched alkanes of at least 4 members (excludes halogenated alkanes) is 2. The molecule has 0 aliphatic carbocycles. The summed E-state index contributed by atoms with van der Waals surface area (Å²) in [5.41, 5.74) is 0. The molecule has 1 rings (SSSR count). The van der Waals surface area contributed by atoms with Gasteiger partial charge in [-0.2, -0.15) is 0 Å². The first-order valence-electron chi connectivity index (χ1n) is 8.41. The fourth-order valence-corrected chi connectivity index (χ4v) is 2.37. The summed E-state index contributed by atoms with van der Waals surface area (Å²) in [6, 6.07) is 0. The lowest BCUT2D eigenvalue weighted by Crippen LogP contribution is -2.30. The van der Waals surface area contributed by atoms with Gasteiger partial charge in [-0.25, -0.2) is 9.69 Å². The van der Waals surface area contributed by atoms with Gasteiger partial charge in [-0.15, -0.1) is 0 Å². The van der Waals surface area contributed by atoms with E-state index < -0.39 is 0 Å². The lowest BCUT2D eigenvalue weighted by Gasteiger charge is -2.24. The van der Waals surface area contributed by atoms with E-state index in [0.717, 1.165) is 25.5 Å². The van der Waals surface area contributed by atoms with E-state index in [-0.39, 0.29) is 13.0 Å². The molecule has 0 spiro atoms. The van der Waals surface area contributed by atoms with Crippen molar-refractivity contribution in [3.63, 3.8) is 0 Å². The monoisotopic (exact) mass is 295 g/mol. The zero-order valence-electron chi connectivity index (χ0n) is 14.1. The minimum Gasteiger partial charge on any atom is -0.549 e. The zero-order chi connectivity index (χ0) is 15.7. The van der Waals surface area contributed by atoms with Crippen LogP contribution in [0.15, 0.2) is 12.0 Å². The normalized spacial score (nSPS) is 15.6. The average Bonchev–Trinajstić information content (AvgIpc) is 2.86. The van der Waals surface area contributed by atoms with Crippen LogP contribution in [0.2, 0.25) is 12.6 Å². The lowest BCUT2D eigenvalue weighted by atomic mass is 9.59. The molecule has 0 radical (unpaired) electrons. The summed E-state index contributed by atoms with van der Waals surface area (Å²) in [4.78, 5) is 13.4. The fraction of sp³-hybridized carbons (Fsp3) is 0.812. The van der Waals surface area contributed by atoms with E-state index in [9.17, 15) is 4.79 Å². The highest BCUT2D eigenvalue weighted by Gasteiger charge is 2.29. The van der Waals surface area contributed by atoms with Crippen molar-refractivity contribution in [1.29, 1.82) is 0 Å². The number of carbonyl (C=O) groups excluding carboxylic acids is 1. The molecule has 1 aliphatic heterocycles. The third-order valence-corrected chi connectivity index (χ3v) is 3.55. The molecule has 120 valence electrons. The Morgan fingerprint density at radius 2 is 1.95 bits per heavy atom. The number of hydrogen-bond donors (Lipinski definition) is 0. The Morgan fingerprint density at radius 1 is 1.33 bits per heavy atom. The van der Waals surface area contributed by atoms with Crippen LogP contribution >= 0.6 is 0 Å². The molecule has 1 heterocycles. The second-order valence-corrected chi connectivity index (χ2v) is 6.04. The maximum absolute atomic E-state index is 11.8. The quantitative estimate of drug-likeness (QED) is 0.438. The standard InChI is InChI=1S/C16H30BNO3/c1-5-7-9-17(10-8-6-2)21-15(13-14(3)4)18-11-12-20-16(18)19/h13-14H,5-12H2,1-4H3/b15-13+. The van der Waals surface area contributed by atoms with Crippen molar-refractivity contribution in [2.75, 3.05) is 13.2 Å². The summed E-state index contributed by atoms with van der Waals surface area (Å²) in [5, 5.41) is 0. The van der Waals surface area contributed by atoms with Gasteiger partial charge in [-0.05, 0) is 24.6 Å². The van der Waals surface area contributed by atoms with Gasteiger partial charge in [-0.3, -0.25) is 0 Å². The highest BCUT2D eigenvalue weighted by molar-refractivity contribution is 6.52. The van der Waals surface area contributed by atoms with Crippen LogP contribution in [-0.4, -0.2) is 31.1 Å². The van der Waals surface area contributed by atoms with Crippen molar-refractivity contribution in [3.05, 3.63) is 12.0 Å². The van der Waals surface area contributed by atoms with Gasteiger partial charge in [0.05, 0.1) is 6.54 Å². The van der Waals surface area contributed by atoms with Gasteiger partial charge in [-0.1, -0.05) is 53.4 Å². The third-order valence-electron chi connectivity index (χ3n) is 3.55. The van der Waals surface area contributed by atoms with Gasteiger partial charge in [0.1, 0.15) is 6.61 Å². The van der Waals surface area contributed by atoms with Crippen molar-refractivity contribution in [2.45, 2.75) is 66.0 Å². The van der Waals surface area contributed by atoms with Gasteiger partial charge in [0.2, 0.25) is 0 Å². The van der Waals surface area contributed by atoms with E-state index >= 15 is 0 Å². The Kier molecular flexibility index (Phi) is 8.32. The van der Waals surface area contributed by atoms with E-state index in [2.05, 4.69) is 27.7 Å². The topological polar surface area (TPSA) is 38.8 Å². The molecule has 1 amide bonds. The molecule has 1 aliphatic rings. The smallest absolute Gasteiger partial charge is 0.416 e. The Labute approximate surface area is 130 Å². The van der Waals surface area contributed by atoms with Crippen LogP contribution in [0.5, 0.6) is 0 Å². The SMILES string of the molecule is CCCCB(CCCC)O/C(=C/C(C)C)N1CCOC1=O. The van der Waals surface area contributed by atoms with Gasteiger partial charge in [0.25, 0.3) is 0 Å². The van der Waals surface area contributed by atoms with Crippen molar-refractivity contribution < 1.29 is 14.2 Å². The fourth-order valence-electron chi connectivity index (χ4n) is 2.37. The van der Waals surface area contributed by atoms with E-state index in [1.54, 1.807) is 4.90 Å². The molecule has 0 aromatic heterocycles. The van der Waals surface area contributed by atoms with Crippen molar-refractivity contribution in [1.82, 2.24) is 4.90 Å². The molecule has 21 heavy (non-hydrogen) atoms. The minimum atomic E-state index is -0.286. The highest BCUT2D eigenvalue weighted by Crippen LogP contribution is 2.21. The molecule has 1 fully saturated rings. The first-order chi connectivity index (χ1) is 10.1. The summed E-state index contributed by atoms with van der Waals surface area (Å²) in [7, 11) is 0. The molecule has 1 saturated heterocycles. The summed E-state index contributed by atoms with van der Waals surface area (Å²) in [6.45, 7) is 9.82. The number of cyclic esters (lactones) is 1. The number of amides is 1. The molecule has 5 heteroatoms. The number of carbonyl (C=O) groups is 1. The maximum Gasteiger partial charge on any atom is 0.416 e. The molecule has 0 atom stereocenters. The van der Waals surface area contributed by atoms with E-state index in [0.29, 0.717) is 25.0 Å². The molecule has 0 unspecified atom stereocenters. The summed E-state index contributed by atoms with van der Waals surface area (Å²) in [6.07, 6.45) is 8.50. The lowest BCUT2D eigenvalue weighted by molar-refractivity contribution is 0.153.